The summed E-state index contributed by atoms with van der Waals surface area (Å²) in [7, 11) is 2.94. The Kier molecular flexibility index (Phi) is 3.39. The van der Waals surface area contributed by atoms with Crippen molar-refractivity contribution < 1.29 is 19.1 Å². The van der Waals surface area contributed by atoms with Crippen molar-refractivity contribution in [2.75, 3.05) is 14.2 Å². The van der Waals surface area contributed by atoms with Crippen LogP contribution < -0.4 is 0 Å². The first kappa shape index (κ1) is 15.8. The van der Waals surface area contributed by atoms with E-state index in [1.54, 1.807) is 0 Å². The molecule has 0 N–H and O–H groups in total. The minimum atomic E-state index is -0.109. The highest BCUT2D eigenvalue weighted by Gasteiger charge is 2.66. The maximum absolute atomic E-state index is 12.0. The molecule has 0 spiro atoms. The van der Waals surface area contributed by atoms with E-state index in [0.29, 0.717) is 12.8 Å². The Balaban J connectivity index is 1.95. The molecular formula is C18H28O4. The Morgan fingerprint density at radius 1 is 0.727 bits per heavy atom. The highest BCUT2D eigenvalue weighted by Crippen LogP contribution is 2.75. The van der Waals surface area contributed by atoms with Crippen LogP contribution in [0, 0.1) is 21.7 Å². The van der Waals surface area contributed by atoms with Crippen LogP contribution in [0.3, 0.4) is 0 Å². The van der Waals surface area contributed by atoms with E-state index in [1.807, 2.05) is 0 Å². The molecule has 4 rings (SSSR count). The Labute approximate surface area is 132 Å². The van der Waals surface area contributed by atoms with Crippen molar-refractivity contribution >= 4 is 11.9 Å². The summed E-state index contributed by atoms with van der Waals surface area (Å²) in [5.74, 6) is -0.218. The molecule has 4 saturated carbocycles. The molecule has 4 aliphatic rings. The average Bonchev–Trinajstić information content (AvgIpc) is 2.32. The van der Waals surface area contributed by atoms with Crippen LogP contribution in [0.2, 0.25) is 0 Å². The van der Waals surface area contributed by atoms with E-state index in [4.69, 9.17) is 9.47 Å². The fourth-order valence-electron chi connectivity index (χ4n) is 7.33. The quantitative estimate of drug-likeness (QED) is 0.746. The maximum Gasteiger partial charge on any atom is 0.306 e. The lowest BCUT2D eigenvalue weighted by Gasteiger charge is -2.69. The zero-order valence-corrected chi connectivity index (χ0v) is 14.3. The molecule has 0 amide bonds. The van der Waals surface area contributed by atoms with Crippen molar-refractivity contribution in [2.45, 2.75) is 65.2 Å². The van der Waals surface area contributed by atoms with Gasteiger partial charge in [-0.1, -0.05) is 13.8 Å². The van der Waals surface area contributed by atoms with Gasteiger partial charge in [-0.3, -0.25) is 9.59 Å². The summed E-state index contributed by atoms with van der Waals surface area (Å²) in [5, 5.41) is 0. The average molecular weight is 308 g/mol. The summed E-state index contributed by atoms with van der Waals surface area (Å²) < 4.78 is 9.92. The molecule has 0 radical (unpaired) electrons. The first-order valence-electron chi connectivity index (χ1n) is 8.29. The van der Waals surface area contributed by atoms with Gasteiger partial charge in [-0.15, -0.1) is 0 Å². The number of carbonyl (C=O) groups excluding carboxylic acids is 2. The van der Waals surface area contributed by atoms with Gasteiger partial charge in [0, 0.05) is 0 Å². The highest BCUT2D eigenvalue weighted by molar-refractivity contribution is 5.71. The van der Waals surface area contributed by atoms with Crippen LogP contribution in [0.25, 0.3) is 0 Å². The maximum atomic E-state index is 12.0. The third-order valence-corrected chi connectivity index (χ3v) is 6.30. The molecule has 0 saturated heterocycles. The van der Waals surface area contributed by atoms with Gasteiger partial charge in [0.2, 0.25) is 0 Å². The van der Waals surface area contributed by atoms with Crippen LogP contribution in [-0.2, 0) is 19.1 Å². The first-order valence-corrected chi connectivity index (χ1v) is 8.29. The highest BCUT2D eigenvalue weighted by atomic mass is 16.5. The lowest BCUT2D eigenvalue weighted by atomic mass is 9.35. The number of hydrogen-bond donors (Lipinski definition) is 0. The van der Waals surface area contributed by atoms with Gasteiger partial charge in [-0.05, 0) is 60.2 Å². The molecule has 4 fully saturated rings. The molecule has 124 valence electrons. The Bertz CT molecular complexity index is 451. The van der Waals surface area contributed by atoms with Gasteiger partial charge in [-0.2, -0.15) is 0 Å². The lowest BCUT2D eigenvalue weighted by molar-refractivity contribution is -0.202. The monoisotopic (exact) mass is 308 g/mol. The minimum Gasteiger partial charge on any atom is -0.469 e. The van der Waals surface area contributed by atoms with E-state index in [9.17, 15) is 9.59 Å². The summed E-state index contributed by atoms with van der Waals surface area (Å²) in [6, 6.07) is 0. The third-order valence-electron chi connectivity index (χ3n) is 6.30. The SMILES string of the molecule is COC(=O)CC12CC3(C)CC(C)(C1)CC(CC(=O)OC)(C3)C2. The molecule has 0 aromatic heterocycles. The van der Waals surface area contributed by atoms with Crippen molar-refractivity contribution in [1.82, 2.24) is 0 Å². The van der Waals surface area contributed by atoms with Crippen LogP contribution in [0.1, 0.15) is 65.2 Å². The van der Waals surface area contributed by atoms with Crippen LogP contribution >= 0.6 is 0 Å². The fraction of sp³-hybridized carbons (Fsp3) is 0.889. The first-order chi connectivity index (χ1) is 10.2. The van der Waals surface area contributed by atoms with Gasteiger partial charge < -0.3 is 9.47 Å². The van der Waals surface area contributed by atoms with Crippen LogP contribution in [-0.4, -0.2) is 26.2 Å². The van der Waals surface area contributed by atoms with Crippen LogP contribution in [0.15, 0.2) is 0 Å². The van der Waals surface area contributed by atoms with E-state index in [0.717, 1.165) is 32.1 Å². The second-order valence-electron chi connectivity index (χ2n) is 9.19. The van der Waals surface area contributed by atoms with Gasteiger partial charge in [-0.25, -0.2) is 0 Å². The predicted octanol–water partition coefficient (Wildman–Crippen LogP) is 3.48. The zero-order chi connectivity index (χ0) is 16.2. The largest absolute Gasteiger partial charge is 0.469 e. The topological polar surface area (TPSA) is 52.6 Å². The Morgan fingerprint density at radius 2 is 1.09 bits per heavy atom. The van der Waals surface area contributed by atoms with E-state index in [2.05, 4.69) is 13.8 Å². The normalized spacial score (nSPS) is 45.6. The van der Waals surface area contributed by atoms with Crippen LogP contribution in [0.5, 0.6) is 0 Å². The van der Waals surface area contributed by atoms with Crippen LogP contribution in [0.4, 0.5) is 0 Å². The molecule has 0 atom stereocenters. The van der Waals surface area contributed by atoms with E-state index in [1.165, 1.54) is 20.6 Å². The standard InChI is InChI=1S/C18H28O4/c1-15-7-16(2)10-17(8-15,5-13(19)21-3)12-18(9-15,11-16)6-14(20)22-4/h5-12H2,1-4H3. The summed E-state index contributed by atoms with van der Waals surface area (Å²) in [4.78, 5) is 23.9. The van der Waals surface area contributed by atoms with Gasteiger partial charge >= 0.3 is 11.9 Å². The Morgan fingerprint density at radius 3 is 1.41 bits per heavy atom. The molecule has 0 heterocycles. The van der Waals surface area contributed by atoms with Crippen molar-refractivity contribution in [1.29, 1.82) is 0 Å². The molecule has 4 heteroatoms. The van der Waals surface area contributed by atoms with Gasteiger partial charge in [0.1, 0.15) is 0 Å². The van der Waals surface area contributed by atoms with Gasteiger partial charge in [0.15, 0.2) is 0 Å². The summed E-state index contributed by atoms with van der Waals surface area (Å²) >= 11 is 0. The second kappa shape index (κ2) is 4.72. The fourth-order valence-corrected chi connectivity index (χ4v) is 7.33. The van der Waals surface area contributed by atoms with E-state index >= 15 is 0 Å². The number of carbonyl (C=O) groups is 2. The number of hydrogen-bond acceptors (Lipinski definition) is 4. The number of rotatable bonds is 4. The lowest BCUT2D eigenvalue weighted by Crippen LogP contribution is -2.60. The van der Waals surface area contributed by atoms with E-state index < -0.39 is 0 Å². The molecule has 4 bridgehead atoms. The predicted molar refractivity (Wildman–Crippen MR) is 82.0 cm³/mol. The molecule has 0 aromatic carbocycles. The summed E-state index contributed by atoms with van der Waals surface area (Å²) in [6.07, 6.45) is 7.54. The summed E-state index contributed by atoms with van der Waals surface area (Å²) in [5.41, 5.74) is 0.510. The van der Waals surface area contributed by atoms with Gasteiger partial charge in [0.05, 0.1) is 27.1 Å². The van der Waals surface area contributed by atoms with Crippen molar-refractivity contribution in [3.8, 4) is 0 Å². The zero-order valence-electron chi connectivity index (χ0n) is 14.3. The number of esters is 2. The van der Waals surface area contributed by atoms with E-state index in [-0.39, 0.29) is 33.6 Å². The Hall–Kier alpha value is -1.06. The third kappa shape index (κ3) is 2.55. The molecule has 22 heavy (non-hydrogen) atoms. The molecule has 0 unspecified atom stereocenters. The number of methoxy groups -OCH3 is 2. The van der Waals surface area contributed by atoms with Crippen molar-refractivity contribution in [3.05, 3.63) is 0 Å². The smallest absolute Gasteiger partial charge is 0.306 e. The molecule has 0 aliphatic heterocycles. The molecular weight excluding hydrogens is 280 g/mol. The van der Waals surface area contributed by atoms with Crippen molar-refractivity contribution in [2.24, 2.45) is 21.7 Å². The molecule has 4 aliphatic carbocycles. The second-order valence-corrected chi connectivity index (χ2v) is 9.19. The molecule has 0 aromatic rings. The minimum absolute atomic E-state index is 0.0133. The molecule has 4 nitrogen and oxygen atoms in total. The summed E-state index contributed by atoms with van der Waals surface area (Å²) in [6.45, 7) is 4.70. The number of ether oxygens (including phenoxy) is 2. The van der Waals surface area contributed by atoms with Gasteiger partial charge in [0.25, 0.3) is 0 Å². The van der Waals surface area contributed by atoms with Crippen molar-refractivity contribution in [3.63, 3.8) is 0 Å².